The van der Waals surface area contributed by atoms with Crippen LogP contribution < -0.4 is 34.7 Å². The molecule has 0 saturated heterocycles. The summed E-state index contributed by atoms with van der Waals surface area (Å²) in [5.74, 6) is -2.00. The summed E-state index contributed by atoms with van der Waals surface area (Å²) in [6.45, 7) is 1.54. The van der Waals surface area contributed by atoms with Gasteiger partial charge in [0, 0.05) is 23.0 Å². The maximum atomic E-state index is 12.2. The van der Waals surface area contributed by atoms with Crippen LogP contribution in [-0.4, -0.2) is 11.8 Å². The van der Waals surface area contributed by atoms with E-state index in [1.54, 1.807) is 55.5 Å². The van der Waals surface area contributed by atoms with Gasteiger partial charge in [-0.2, -0.15) is 0 Å². The molecule has 1 atom stereocenters. The van der Waals surface area contributed by atoms with E-state index >= 15 is 0 Å². The number of hydrogen-bond donors (Lipinski definition) is 0. The fourth-order valence-corrected chi connectivity index (χ4v) is 1.84. The van der Waals surface area contributed by atoms with Gasteiger partial charge in [-0.1, -0.05) is 55.5 Å². The molecule has 0 unspecified atom stereocenters. The van der Waals surface area contributed by atoms with Crippen molar-refractivity contribution in [1.29, 1.82) is 0 Å². The van der Waals surface area contributed by atoms with Crippen LogP contribution in [0.15, 0.2) is 54.6 Å². The minimum absolute atomic E-state index is 0. The normalized spacial score (nSPS) is 11.2. The van der Waals surface area contributed by atoms with Gasteiger partial charge < -0.3 is 9.90 Å². The Balaban J connectivity index is 0.00000200. The SMILES string of the molecule is C[C@@H](C(=O)[O-])c1cccc(C(=O)c2ccccc2)c1.[Na+]. The van der Waals surface area contributed by atoms with E-state index in [0.717, 1.165) is 0 Å². The maximum Gasteiger partial charge on any atom is 1.00 e. The molecule has 0 saturated carbocycles. The summed E-state index contributed by atoms with van der Waals surface area (Å²) < 4.78 is 0. The molecule has 0 aliphatic carbocycles. The first kappa shape index (κ1) is 16.6. The molecule has 0 radical (unpaired) electrons. The van der Waals surface area contributed by atoms with Crippen LogP contribution >= 0.6 is 0 Å². The summed E-state index contributed by atoms with van der Waals surface area (Å²) in [6.07, 6.45) is 0. The predicted molar refractivity (Wildman–Crippen MR) is 69.7 cm³/mol. The zero-order valence-corrected chi connectivity index (χ0v) is 13.5. The third-order valence-electron chi connectivity index (χ3n) is 3.04. The first-order valence-electron chi connectivity index (χ1n) is 6.00. The van der Waals surface area contributed by atoms with E-state index in [4.69, 9.17) is 0 Å². The van der Waals surface area contributed by atoms with Gasteiger partial charge in [0.2, 0.25) is 0 Å². The second-order valence-corrected chi connectivity index (χ2v) is 4.36. The molecular formula is C16H13NaO3. The van der Waals surface area contributed by atoms with Crippen molar-refractivity contribution in [3.05, 3.63) is 71.3 Å². The number of rotatable bonds is 4. The Hall–Kier alpha value is -1.42. The van der Waals surface area contributed by atoms with Gasteiger partial charge in [0.05, 0.1) is 0 Å². The molecule has 4 heteroatoms. The van der Waals surface area contributed by atoms with Gasteiger partial charge >= 0.3 is 29.6 Å². The molecule has 3 nitrogen and oxygen atoms in total. The minimum atomic E-state index is -1.15. The van der Waals surface area contributed by atoms with E-state index < -0.39 is 11.9 Å². The van der Waals surface area contributed by atoms with Crippen LogP contribution in [0.1, 0.15) is 34.3 Å². The van der Waals surface area contributed by atoms with Crippen molar-refractivity contribution in [3.63, 3.8) is 0 Å². The van der Waals surface area contributed by atoms with Gasteiger partial charge in [-0.15, -0.1) is 0 Å². The fourth-order valence-electron chi connectivity index (χ4n) is 1.84. The van der Waals surface area contributed by atoms with Gasteiger partial charge in [-0.25, -0.2) is 0 Å². The Bertz CT molecular complexity index is 608. The predicted octanol–water partition coefficient (Wildman–Crippen LogP) is -1.22. The average molecular weight is 276 g/mol. The van der Waals surface area contributed by atoms with Crippen molar-refractivity contribution >= 4 is 11.8 Å². The van der Waals surface area contributed by atoms with Gasteiger partial charge in [0.1, 0.15) is 0 Å². The number of carbonyl (C=O) groups excluding carboxylic acids is 2. The van der Waals surface area contributed by atoms with E-state index in [0.29, 0.717) is 16.7 Å². The Morgan fingerprint density at radius 3 is 2.15 bits per heavy atom. The molecule has 96 valence electrons. The molecule has 0 bridgehead atoms. The van der Waals surface area contributed by atoms with Crippen molar-refractivity contribution < 1.29 is 44.3 Å². The number of benzene rings is 2. The topological polar surface area (TPSA) is 57.2 Å². The van der Waals surface area contributed by atoms with Crippen molar-refractivity contribution in [2.45, 2.75) is 12.8 Å². The molecular weight excluding hydrogens is 263 g/mol. The van der Waals surface area contributed by atoms with Crippen LogP contribution in [0.5, 0.6) is 0 Å². The molecule has 0 aliphatic heterocycles. The molecule has 0 amide bonds. The van der Waals surface area contributed by atoms with Crippen molar-refractivity contribution in [2.75, 3.05) is 0 Å². The second kappa shape index (κ2) is 7.39. The number of ketones is 1. The number of aliphatic carboxylic acids is 1. The molecule has 0 N–H and O–H groups in total. The second-order valence-electron chi connectivity index (χ2n) is 4.36. The van der Waals surface area contributed by atoms with Crippen LogP contribution in [0.4, 0.5) is 0 Å². The number of carbonyl (C=O) groups is 2. The fraction of sp³-hybridized carbons (Fsp3) is 0.125. The van der Waals surface area contributed by atoms with Gasteiger partial charge in [0.15, 0.2) is 5.78 Å². The summed E-state index contributed by atoms with van der Waals surface area (Å²) in [5, 5.41) is 10.9. The van der Waals surface area contributed by atoms with Crippen LogP contribution in [-0.2, 0) is 4.79 Å². The van der Waals surface area contributed by atoms with Gasteiger partial charge in [-0.3, -0.25) is 4.79 Å². The van der Waals surface area contributed by atoms with E-state index in [1.165, 1.54) is 0 Å². The molecule has 0 aliphatic rings. The van der Waals surface area contributed by atoms with E-state index in [1.807, 2.05) is 6.07 Å². The third kappa shape index (κ3) is 3.79. The molecule has 2 aromatic carbocycles. The monoisotopic (exact) mass is 276 g/mol. The number of carboxylic acid groups (broad SMARTS) is 1. The summed E-state index contributed by atoms with van der Waals surface area (Å²) >= 11 is 0. The zero-order valence-electron chi connectivity index (χ0n) is 11.5. The Morgan fingerprint density at radius 1 is 0.950 bits per heavy atom. The zero-order chi connectivity index (χ0) is 13.8. The minimum Gasteiger partial charge on any atom is -0.550 e. The van der Waals surface area contributed by atoms with Gasteiger partial charge in [-0.05, 0) is 11.6 Å². The first-order chi connectivity index (χ1) is 9.09. The Kier molecular flexibility index (Phi) is 6.14. The Morgan fingerprint density at radius 2 is 1.55 bits per heavy atom. The van der Waals surface area contributed by atoms with Crippen molar-refractivity contribution in [1.82, 2.24) is 0 Å². The standard InChI is InChI=1S/C16H14O3.Na/c1-11(16(18)19)13-8-5-9-14(10-13)15(17)12-6-3-2-4-7-12;/h2-11H,1H3,(H,18,19);/q;+1/p-1/t11-;/m1./s1. The average Bonchev–Trinajstić information content (AvgIpc) is 2.46. The van der Waals surface area contributed by atoms with E-state index in [2.05, 4.69) is 0 Å². The third-order valence-corrected chi connectivity index (χ3v) is 3.04. The van der Waals surface area contributed by atoms with E-state index in [9.17, 15) is 14.7 Å². The molecule has 20 heavy (non-hydrogen) atoms. The van der Waals surface area contributed by atoms with Crippen LogP contribution in [0.25, 0.3) is 0 Å². The van der Waals surface area contributed by atoms with Crippen molar-refractivity contribution in [3.8, 4) is 0 Å². The molecule has 0 spiro atoms. The number of carboxylic acids is 1. The molecule has 2 aromatic rings. The summed E-state index contributed by atoms with van der Waals surface area (Å²) in [6, 6.07) is 15.5. The number of hydrogen-bond acceptors (Lipinski definition) is 3. The Labute approximate surface area is 139 Å². The molecule has 0 heterocycles. The van der Waals surface area contributed by atoms with Crippen molar-refractivity contribution in [2.24, 2.45) is 0 Å². The summed E-state index contributed by atoms with van der Waals surface area (Å²) in [4.78, 5) is 23.1. The van der Waals surface area contributed by atoms with Crippen LogP contribution in [0.2, 0.25) is 0 Å². The first-order valence-corrected chi connectivity index (χ1v) is 6.00. The summed E-state index contributed by atoms with van der Waals surface area (Å²) in [7, 11) is 0. The smallest absolute Gasteiger partial charge is 0.550 e. The summed E-state index contributed by atoms with van der Waals surface area (Å²) in [5.41, 5.74) is 1.64. The molecule has 0 fully saturated rings. The molecule has 2 rings (SSSR count). The van der Waals surface area contributed by atoms with E-state index in [-0.39, 0.29) is 35.3 Å². The maximum absolute atomic E-state index is 12.2. The quantitative estimate of drug-likeness (QED) is 0.519. The largest absolute Gasteiger partial charge is 1.00 e. The molecule has 0 aromatic heterocycles. The van der Waals surface area contributed by atoms with Crippen LogP contribution in [0, 0.1) is 0 Å². The van der Waals surface area contributed by atoms with Gasteiger partial charge in [0.25, 0.3) is 0 Å². The van der Waals surface area contributed by atoms with Crippen LogP contribution in [0.3, 0.4) is 0 Å².